The van der Waals surface area contributed by atoms with Gasteiger partial charge < -0.3 is 10.4 Å². The number of nitrogens with one attached hydrogen (secondary N) is 3. The number of H-pyrrole nitrogens is 1. The first kappa shape index (κ1) is 19.7. The van der Waals surface area contributed by atoms with E-state index < -0.39 is 12.0 Å². The van der Waals surface area contributed by atoms with Gasteiger partial charge in [-0.1, -0.05) is 18.2 Å². The highest BCUT2D eigenvalue weighted by Gasteiger charge is 2.29. The van der Waals surface area contributed by atoms with Gasteiger partial charge >= 0.3 is 6.09 Å². The van der Waals surface area contributed by atoms with Gasteiger partial charge in [-0.3, -0.25) is 10.4 Å². The summed E-state index contributed by atoms with van der Waals surface area (Å²) >= 11 is 0. The minimum atomic E-state index is -1.13. The van der Waals surface area contributed by atoms with Gasteiger partial charge in [0, 0.05) is 28.0 Å². The lowest BCUT2D eigenvalue weighted by Crippen LogP contribution is -2.23. The van der Waals surface area contributed by atoms with E-state index in [4.69, 9.17) is 5.11 Å². The molecule has 152 valence electrons. The zero-order valence-corrected chi connectivity index (χ0v) is 16.8. The molecule has 1 amide bonds. The summed E-state index contributed by atoms with van der Waals surface area (Å²) in [5, 5.41) is 42.0. The van der Waals surface area contributed by atoms with Crippen LogP contribution in [0.5, 0.6) is 0 Å². The third kappa shape index (κ3) is 3.47. The molecule has 0 fully saturated rings. The van der Waals surface area contributed by atoms with Crippen molar-refractivity contribution in [3.63, 3.8) is 0 Å². The van der Waals surface area contributed by atoms with Crippen molar-refractivity contribution in [3.8, 4) is 23.4 Å². The molecule has 0 unspecified atom stereocenters. The van der Waals surface area contributed by atoms with Gasteiger partial charge in [0.25, 0.3) is 0 Å². The third-order valence-corrected chi connectivity index (χ3v) is 5.33. The van der Waals surface area contributed by atoms with E-state index in [9.17, 15) is 15.3 Å². The largest absolute Gasteiger partial charge is 0.465 e. The number of dihydropyridines is 1. The van der Waals surface area contributed by atoms with E-state index in [1.54, 1.807) is 24.3 Å². The van der Waals surface area contributed by atoms with Gasteiger partial charge in [-0.25, -0.2) is 4.79 Å². The van der Waals surface area contributed by atoms with Crippen LogP contribution in [-0.2, 0) is 0 Å². The summed E-state index contributed by atoms with van der Waals surface area (Å²) in [6.07, 6.45) is -1.13. The Balaban J connectivity index is 1.82. The second-order valence-electron chi connectivity index (χ2n) is 7.24. The predicted molar refractivity (Wildman–Crippen MR) is 116 cm³/mol. The molecular formula is C23H18N6O2. The molecule has 4 N–H and O–H groups in total. The second kappa shape index (κ2) is 7.69. The number of allylic oxidation sites excluding steroid dienone is 4. The number of rotatable bonds is 3. The molecule has 2 heterocycles. The molecule has 1 aromatic heterocycles. The van der Waals surface area contributed by atoms with Gasteiger partial charge in [0.1, 0.15) is 0 Å². The standard InChI is InChI=1S/C23H18N6O2/c1-12-18(10-24)21(19(11-25)13(2)26-12)15-5-8-20-17(9-15)22(29-28-20)14-3-6-16(7-4-14)27-23(30)31/h3-9,21,26-27H,1-2H3,(H,28,29)(H,30,31). The molecule has 0 radical (unpaired) electrons. The number of nitriles is 2. The van der Waals surface area contributed by atoms with Gasteiger partial charge in [-0.2, -0.15) is 15.6 Å². The van der Waals surface area contributed by atoms with Gasteiger partial charge in [-0.05, 0) is 43.7 Å². The van der Waals surface area contributed by atoms with Crippen LogP contribution in [0.25, 0.3) is 22.2 Å². The predicted octanol–water partition coefficient (Wildman–Crippen LogP) is 4.60. The smallest absolute Gasteiger partial charge is 0.409 e. The number of aromatic nitrogens is 2. The molecule has 4 rings (SSSR count). The van der Waals surface area contributed by atoms with E-state index in [2.05, 4.69) is 33.0 Å². The molecule has 8 nitrogen and oxygen atoms in total. The van der Waals surface area contributed by atoms with E-state index in [0.29, 0.717) is 22.5 Å². The number of aromatic amines is 1. The Kier molecular flexibility index (Phi) is 4.90. The van der Waals surface area contributed by atoms with E-state index in [1.165, 1.54) is 0 Å². The van der Waals surface area contributed by atoms with E-state index in [0.717, 1.165) is 33.4 Å². The molecular weight excluding hydrogens is 392 g/mol. The Morgan fingerprint density at radius 3 is 2.29 bits per heavy atom. The Morgan fingerprint density at radius 2 is 1.71 bits per heavy atom. The molecule has 3 aromatic rings. The summed E-state index contributed by atoms with van der Waals surface area (Å²) in [6.45, 7) is 3.66. The number of nitrogens with zero attached hydrogens (tertiary/aromatic N) is 3. The SMILES string of the molecule is CC1=C(C#N)C(c2ccc3[nH]nc(-c4ccc(NC(=O)O)cc4)c3c2)C(C#N)=C(C)N1. The second-order valence-corrected chi connectivity index (χ2v) is 7.24. The summed E-state index contributed by atoms with van der Waals surface area (Å²) in [6, 6.07) is 17.1. The van der Waals surface area contributed by atoms with Crippen molar-refractivity contribution in [2.75, 3.05) is 5.32 Å². The topological polar surface area (TPSA) is 138 Å². The van der Waals surface area contributed by atoms with Crippen LogP contribution >= 0.6 is 0 Å². The molecule has 0 bridgehead atoms. The molecule has 0 spiro atoms. The summed E-state index contributed by atoms with van der Waals surface area (Å²) in [5.41, 5.74) is 6.11. The first-order valence-corrected chi connectivity index (χ1v) is 9.50. The van der Waals surface area contributed by atoms with Gasteiger partial charge in [-0.15, -0.1) is 0 Å². The highest BCUT2D eigenvalue weighted by molar-refractivity contribution is 5.94. The Labute approximate surface area is 178 Å². The van der Waals surface area contributed by atoms with Crippen LogP contribution in [-0.4, -0.2) is 21.4 Å². The quantitative estimate of drug-likeness (QED) is 0.498. The van der Waals surface area contributed by atoms with Crippen LogP contribution in [0.3, 0.4) is 0 Å². The van der Waals surface area contributed by atoms with Gasteiger partial charge in [0.15, 0.2) is 0 Å². The summed E-state index contributed by atoms with van der Waals surface area (Å²) in [7, 11) is 0. The van der Waals surface area contributed by atoms with E-state index >= 15 is 0 Å². The Hall–Kier alpha value is -4.56. The molecule has 0 aliphatic carbocycles. The lowest BCUT2D eigenvalue weighted by atomic mass is 9.81. The van der Waals surface area contributed by atoms with Crippen molar-refractivity contribution in [3.05, 3.63) is 70.6 Å². The number of fused-ring (bicyclic) bond motifs is 1. The zero-order valence-electron chi connectivity index (χ0n) is 16.8. The molecule has 2 aromatic carbocycles. The molecule has 1 aliphatic heterocycles. The summed E-state index contributed by atoms with van der Waals surface area (Å²) in [4.78, 5) is 10.8. The van der Waals surface area contributed by atoms with Crippen molar-refractivity contribution < 1.29 is 9.90 Å². The molecule has 8 heteroatoms. The van der Waals surface area contributed by atoms with Crippen LogP contribution in [0.15, 0.2) is 65.0 Å². The van der Waals surface area contributed by atoms with Crippen molar-refractivity contribution in [2.24, 2.45) is 0 Å². The van der Waals surface area contributed by atoms with E-state index in [1.807, 2.05) is 32.0 Å². The Bertz CT molecular complexity index is 1310. The summed E-state index contributed by atoms with van der Waals surface area (Å²) in [5.74, 6) is -0.453. The monoisotopic (exact) mass is 410 g/mol. The first-order valence-electron chi connectivity index (χ1n) is 9.50. The van der Waals surface area contributed by atoms with Crippen molar-refractivity contribution in [1.29, 1.82) is 10.5 Å². The van der Waals surface area contributed by atoms with Crippen LogP contribution in [0.2, 0.25) is 0 Å². The molecule has 31 heavy (non-hydrogen) atoms. The normalized spacial score (nSPS) is 14.2. The fraction of sp³-hybridized carbons (Fsp3) is 0.130. The highest BCUT2D eigenvalue weighted by atomic mass is 16.4. The number of carboxylic acid groups (broad SMARTS) is 1. The maximum atomic E-state index is 10.8. The van der Waals surface area contributed by atoms with E-state index in [-0.39, 0.29) is 0 Å². The molecule has 1 aliphatic rings. The van der Waals surface area contributed by atoms with Crippen LogP contribution in [0, 0.1) is 22.7 Å². The minimum absolute atomic E-state index is 0.453. The van der Waals surface area contributed by atoms with Crippen LogP contribution in [0.1, 0.15) is 25.3 Å². The fourth-order valence-corrected chi connectivity index (χ4v) is 3.89. The number of hydrogen-bond acceptors (Lipinski definition) is 5. The molecule has 0 atom stereocenters. The average molecular weight is 410 g/mol. The number of amides is 1. The molecule has 0 saturated heterocycles. The number of anilines is 1. The lowest BCUT2D eigenvalue weighted by Gasteiger charge is -2.26. The maximum Gasteiger partial charge on any atom is 0.409 e. The van der Waals surface area contributed by atoms with Crippen LogP contribution < -0.4 is 10.6 Å². The lowest BCUT2D eigenvalue weighted by molar-refractivity contribution is 0.210. The highest BCUT2D eigenvalue weighted by Crippen LogP contribution is 2.39. The van der Waals surface area contributed by atoms with Gasteiger partial charge in [0.05, 0.1) is 40.4 Å². The third-order valence-electron chi connectivity index (χ3n) is 5.33. The Morgan fingerprint density at radius 1 is 1.06 bits per heavy atom. The summed E-state index contributed by atoms with van der Waals surface area (Å²) < 4.78 is 0. The number of carbonyl (C=O) groups is 1. The number of benzene rings is 2. The van der Waals surface area contributed by atoms with Crippen molar-refractivity contribution in [2.45, 2.75) is 19.8 Å². The van der Waals surface area contributed by atoms with Crippen molar-refractivity contribution >= 4 is 22.7 Å². The average Bonchev–Trinajstić information content (AvgIpc) is 3.16. The molecule has 0 saturated carbocycles. The van der Waals surface area contributed by atoms with Crippen molar-refractivity contribution in [1.82, 2.24) is 15.5 Å². The number of hydrogen-bond donors (Lipinski definition) is 4. The zero-order chi connectivity index (χ0) is 22.1. The minimum Gasteiger partial charge on any atom is -0.465 e. The maximum absolute atomic E-state index is 10.8. The van der Waals surface area contributed by atoms with Gasteiger partial charge in [0.2, 0.25) is 0 Å². The fourth-order valence-electron chi connectivity index (χ4n) is 3.89. The van der Waals surface area contributed by atoms with Crippen LogP contribution in [0.4, 0.5) is 10.5 Å². The first-order chi connectivity index (χ1) is 14.9.